The average molecular weight is 199 g/mol. The van der Waals surface area contributed by atoms with Gasteiger partial charge in [0.05, 0.1) is 19.1 Å². The fraction of sp³-hybridized carbons (Fsp3) is 0.444. The first-order valence-electron chi connectivity index (χ1n) is 4.20. The van der Waals surface area contributed by atoms with Gasteiger partial charge in [-0.2, -0.15) is 0 Å². The molecule has 5 nitrogen and oxygen atoms in total. The zero-order valence-electron chi connectivity index (χ0n) is 7.90. The third-order valence-electron chi connectivity index (χ3n) is 1.76. The van der Waals surface area contributed by atoms with Gasteiger partial charge >= 0.3 is 5.97 Å². The van der Waals surface area contributed by atoms with E-state index in [1.807, 2.05) is 0 Å². The predicted molar refractivity (Wildman–Crippen MR) is 48.8 cm³/mol. The van der Waals surface area contributed by atoms with Crippen molar-refractivity contribution >= 4 is 5.97 Å². The van der Waals surface area contributed by atoms with Gasteiger partial charge in [0, 0.05) is 19.2 Å². The highest BCUT2D eigenvalue weighted by Crippen LogP contribution is 1.99. The third-order valence-corrected chi connectivity index (χ3v) is 1.76. The minimum atomic E-state index is -0.921. The highest BCUT2D eigenvalue weighted by Gasteiger charge is 2.15. The Balaban J connectivity index is 2.37. The summed E-state index contributed by atoms with van der Waals surface area (Å²) in [6, 6.07) is 1.09. The number of aliphatic carboxylic acids is 1. The lowest BCUT2D eigenvalue weighted by atomic mass is 10.3. The van der Waals surface area contributed by atoms with Gasteiger partial charge in [0.25, 0.3) is 0 Å². The average Bonchev–Trinajstić information content (AvgIpc) is 2.64. The zero-order chi connectivity index (χ0) is 10.4. The van der Waals surface area contributed by atoms with Crippen LogP contribution < -0.4 is 5.32 Å². The number of nitrogens with one attached hydrogen (secondary N) is 1. The van der Waals surface area contributed by atoms with Crippen molar-refractivity contribution in [3.63, 3.8) is 0 Å². The molecule has 1 unspecified atom stereocenters. The Morgan fingerprint density at radius 3 is 3.07 bits per heavy atom. The van der Waals surface area contributed by atoms with Gasteiger partial charge in [-0.3, -0.25) is 10.1 Å². The molecule has 2 N–H and O–H groups in total. The minimum Gasteiger partial charge on any atom is -0.480 e. The molecule has 1 aromatic heterocycles. The number of hydrogen-bond acceptors (Lipinski definition) is 4. The Hall–Kier alpha value is -1.33. The number of ether oxygens (including phenoxy) is 1. The smallest absolute Gasteiger partial charge is 0.323 e. The van der Waals surface area contributed by atoms with E-state index in [9.17, 15) is 4.79 Å². The molecule has 0 aromatic carbocycles. The summed E-state index contributed by atoms with van der Waals surface area (Å²) in [5.41, 5.74) is 0.910. The summed E-state index contributed by atoms with van der Waals surface area (Å²) in [4.78, 5) is 10.7. The summed E-state index contributed by atoms with van der Waals surface area (Å²) < 4.78 is 9.62. The quantitative estimate of drug-likeness (QED) is 0.696. The second kappa shape index (κ2) is 5.41. The SMILES string of the molecule is COCC(NCc1ccoc1)C(=O)O. The molecule has 1 aromatic rings. The van der Waals surface area contributed by atoms with Crippen molar-refractivity contribution in [1.29, 1.82) is 0 Å². The summed E-state index contributed by atoms with van der Waals surface area (Å²) in [7, 11) is 1.47. The Kier molecular flexibility index (Phi) is 4.15. The highest BCUT2D eigenvalue weighted by molar-refractivity contribution is 5.73. The van der Waals surface area contributed by atoms with Gasteiger partial charge in [0.15, 0.2) is 0 Å². The van der Waals surface area contributed by atoms with Crippen LogP contribution >= 0.6 is 0 Å². The Labute approximate surface area is 81.7 Å². The van der Waals surface area contributed by atoms with Crippen LogP contribution in [0.3, 0.4) is 0 Å². The first-order valence-corrected chi connectivity index (χ1v) is 4.20. The van der Waals surface area contributed by atoms with Crippen LogP contribution in [0.15, 0.2) is 23.0 Å². The fourth-order valence-electron chi connectivity index (χ4n) is 1.02. The molecule has 14 heavy (non-hydrogen) atoms. The number of carboxylic acid groups (broad SMARTS) is 1. The first-order chi connectivity index (χ1) is 6.74. The van der Waals surface area contributed by atoms with Gasteiger partial charge < -0.3 is 14.3 Å². The number of furan rings is 1. The van der Waals surface area contributed by atoms with Crippen LogP contribution in [0.5, 0.6) is 0 Å². The summed E-state index contributed by atoms with van der Waals surface area (Å²) >= 11 is 0. The van der Waals surface area contributed by atoms with Crippen LogP contribution in [-0.2, 0) is 16.1 Å². The summed E-state index contributed by atoms with van der Waals surface area (Å²) in [6.07, 6.45) is 3.11. The van der Waals surface area contributed by atoms with Crippen LogP contribution in [0.4, 0.5) is 0 Å². The fourth-order valence-corrected chi connectivity index (χ4v) is 1.02. The number of hydrogen-bond donors (Lipinski definition) is 2. The molecule has 0 radical (unpaired) electrons. The number of methoxy groups -OCH3 is 1. The van der Waals surface area contributed by atoms with E-state index < -0.39 is 12.0 Å². The molecule has 5 heteroatoms. The second-order valence-corrected chi connectivity index (χ2v) is 2.86. The molecule has 78 valence electrons. The molecule has 0 aliphatic carbocycles. The molecule has 1 heterocycles. The number of rotatable bonds is 6. The molecule has 0 aliphatic rings. The minimum absolute atomic E-state index is 0.146. The second-order valence-electron chi connectivity index (χ2n) is 2.86. The van der Waals surface area contributed by atoms with Crippen LogP contribution in [0.25, 0.3) is 0 Å². The number of carbonyl (C=O) groups is 1. The number of carboxylic acids is 1. The molecular weight excluding hydrogens is 186 g/mol. The zero-order valence-corrected chi connectivity index (χ0v) is 7.90. The lowest BCUT2D eigenvalue weighted by Gasteiger charge is -2.12. The maximum absolute atomic E-state index is 10.7. The Morgan fingerprint density at radius 1 is 1.79 bits per heavy atom. The standard InChI is InChI=1S/C9H13NO4/c1-13-6-8(9(11)12)10-4-7-2-3-14-5-7/h2-3,5,8,10H,4,6H2,1H3,(H,11,12). The van der Waals surface area contributed by atoms with E-state index >= 15 is 0 Å². The van der Waals surface area contributed by atoms with Gasteiger partial charge in [0.1, 0.15) is 6.04 Å². The maximum atomic E-state index is 10.7. The molecule has 0 spiro atoms. The van der Waals surface area contributed by atoms with Gasteiger partial charge in [-0.1, -0.05) is 0 Å². The third kappa shape index (κ3) is 3.20. The first kappa shape index (κ1) is 10.7. The molecular formula is C9H13NO4. The topological polar surface area (TPSA) is 71.7 Å². The molecule has 0 fully saturated rings. The van der Waals surface area contributed by atoms with Crippen LogP contribution in [-0.4, -0.2) is 30.8 Å². The van der Waals surface area contributed by atoms with E-state index in [2.05, 4.69) is 5.32 Å². The maximum Gasteiger partial charge on any atom is 0.323 e. The molecule has 0 saturated heterocycles. The normalized spacial score (nSPS) is 12.6. The van der Waals surface area contributed by atoms with Crippen molar-refractivity contribution in [2.75, 3.05) is 13.7 Å². The van der Waals surface area contributed by atoms with Crippen LogP contribution in [0, 0.1) is 0 Å². The predicted octanol–water partition coefficient (Wildman–Crippen LogP) is 0.469. The molecule has 0 bridgehead atoms. The van der Waals surface area contributed by atoms with Crippen molar-refractivity contribution in [3.8, 4) is 0 Å². The van der Waals surface area contributed by atoms with Crippen LogP contribution in [0.1, 0.15) is 5.56 Å². The lowest BCUT2D eigenvalue weighted by molar-refractivity contribution is -0.140. The van der Waals surface area contributed by atoms with E-state index in [1.54, 1.807) is 18.6 Å². The van der Waals surface area contributed by atoms with Gasteiger partial charge in [-0.25, -0.2) is 0 Å². The van der Waals surface area contributed by atoms with E-state index in [4.69, 9.17) is 14.3 Å². The molecule has 1 atom stereocenters. The molecule has 1 rings (SSSR count). The summed E-state index contributed by atoms with van der Waals surface area (Å²) in [6.45, 7) is 0.601. The van der Waals surface area contributed by atoms with Crippen LogP contribution in [0.2, 0.25) is 0 Å². The Bertz CT molecular complexity index is 270. The molecule has 0 amide bonds. The van der Waals surface area contributed by atoms with E-state index in [0.29, 0.717) is 6.54 Å². The van der Waals surface area contributed by atoms with Crippen molar-refractivity contribution < 1.29 is 19.1 Å². The van der Waals surface area contributed by atoms with Crippen molar-refractivity contribution in [2.45, 2.75) is 12.6 Å². The van der Waals surface area contributed by atoms with Crippen molar-refractivity contribution in [2.24, 2.45) is 0 Å². The monoisotopic (exact) mass is 199 g/mol. The van der Waals surface area contributed by atoms with E-state index in [-0.39, 0.29) is 6.61 Å². The van der Waals surface area contributed by atoms with Crippen molar-refractivity contribution in [3.05, 3.63) is 24.2 Å². The van der Waals surface area contributed by atoms with E-state index in [1.165, 1.54) is 7.11 Å². The van der Waals surface area contributed by atoms with Gasteiger partial charge in [-0.05, 0) is 6.07 Å². The van der Waals surface area contributed by atoms with Crippen molar-refractivity contribution in [1.82, 2.24) is 5.32 Å². The van der Waals surface area contributed by atoms with Gasteiger partial charge in [-0.15, -0.1) is 0 Å². The van der Waals surface area contributed by atoms with E-state index in [0.717, 1.165) is 5.56 Å². The largest absolute Gasteiger partial charge is 0.480 e. The van der Waals surface area contributed by atoms with Gasteiger partial charge in [0.2, 0.25) is 0 Å². The lowest BCUT2D eigenvalue weighted by Crippen LogP contribution is -2.39. The Morgan fingerprint density at radius 2 is 2.57 bits per heavy atom. The summed E-state index contributed by atoms with van der Waals surface area (Å²) in [5, 5.41) is 11.6. The summed E-state index contributed by atoms with van der Waals surface area (Å²) in [5.74, 6) is -0.921. The highest BCUT2D eigenvalue weighted by atomic mass is 16.5. The molecule has 0 saturated carbocycles. The molecule has 0 aliphatic heterocycles.